The molecule has 2 aliphatic rings. The Hall–Kier alpha value is -2.28. The molecule has 1 saturated heterocycles. The molecule has 0 spiro atoms. The fourth-order valence-electron chi connectivity index (χ4n) is 2.74. The van der Waals surface area contributed by atoms with Gasteiger partial charge in [0.2, 0.25) is 12.7 Å². The number of likely N-dealkylation sites (tertiary alicyclic amines) is 1. The molecular weight excluding hydrogens is 286 g/mol. The van der Waals surface area contributed by atoms with Gasteiger partial charge in [0.15, 0.2) is 11.5 Å². The van der Waals surface area contributed by atoms with Gasteiger partial charge in [-0.15, -0.1) is 0 Å². The quantitative estimate of drug-likeness (QED) is 0.820. The lowest BCUT2D eigenvalue weighted by atomic mass is 10.1. The highest BCUT2D eigenvalue weighted by Gasteiger charge is 2.36. The van der Waals surface area contributed by atoms with E-state index in [1.807, 2.05) is 18.2 Å². The number of nitrogens with zero attached hydrogens (tertiary/aromatic N) is 2. The van der Waals surface area contributed by atoms with Gasteiger partial charge < -0.3 is 14.4 Å². The van der Waals surface area contributed by atoms with E-state index in [0.29, 0.717) is 30.9 Å². The Labute approximate surface area is 128 Å². The van der Waals surface area contributed by atoms with Gasteiger partial charge >= 0.3 is 0 Å². The van der Waals surface area contributed by atoms with Crippen molar-refractivity contribution in [3.05, 3.63) is 23.8 Å². The summed E-state index contributed by atoms with van der Waals surface area (Å²) >= 11 is 0. The van der Waals surface area contributed by atoms with Crippen molar-refractivity contribution in [1.29, 1.82) is 0 Å². The van der Waals surface area contributed by atoms with Gasteiger partial charge in [0.25, 0.3) is 5.91 Å². The van der Waals surface area contributed by atoms with Crippen molar-refractivity contribution >= 4 is 11.8 Å². The Morgan fingerprint density at radius 2 is 2.14 bits per heavy atom. The summed E-state index contributed by atoms with van der Waals surface area (Å²) < 4.78 is 10.6. The molecule has 2 amide bonds. The molecule has 1 atom stereocenters. The summed E-state index contributed by atoms with van der Waals surface area (Å²) in [6, 6.07) is 5.14. The number of carbonyl (C=O) groups excluding carboxylic acids is 2. The average molecular weight is 305 g/mol. The third-order valence-electron chi connectivity index (χ3n) is 3.75. The first-order valence-electron chi connectivity index (χ1n) is 7.20. The van der Waals surface area contributed by atoms with Crippen molar-refractivity contribution in [3.8, 4) is 11.5 Å². The van der Waals surface area contributed by atoms with E-state index in [-0.39, 0.29) is 18.6 Å². The second-order valence-corrected chi connectivity index (χ2v) is 5.63. The molecule has 0 radical (unpaired) electrons. The number of amides is 2. The number of carbonyl (C=O) groups is 2. The molecule has 1 aromatic rings. The largest absolute Gasteiger partial charge is 0.454 e. The average Bonchev–Trinajstić information content (AvgIpc) is 3.05. The first-order chi connectivity index (χ1) is 10.5. The van der Waals surface area contributed by atoms with E-state index in [4.69, 9.17) is 9.47 Å². The molecule has 22 heavy (non-hydrogen) atoms. The third-order valence-corrected chi connectivity index (χ3v) is 3.75. The standard InChI is InChI=1S/C15H19N3O4/c1-17(2)16-15(20)11-4-6-14(19)18(11)8-10-3-5-12-13(7-10)22-9-21-12/h3,5,7,11H,4,6,8-9H2,1-2H3,(H,16,20). The molecule has 2 aliphatic heterocycles. The molecular formula is C15H19N3O4. The van der Waals surface area contributed by atoms with Gasteiger partial charge in [-0.1, -0.05) is 6.07 Å². The van der Waals surface area contributed by atoms with E-state index in [0.717, 1.165) is 5.56 Å². The highest BCUT2D eigenvalue weighted by molar-refractivity contribution is 5.90. The zero-order valence-corrected chi connectivity index (χ0v) is 12.7. The number of benzene rings is 1. The molecule has 0 bridgehead atoms. The van der Waals surface area contributed by atoms with Crippen LogP contribution in [0.4, 0.5) is 0 Å². The molecule has 1 fully saturated rings. The fraction of sp³-hybridized carbons (Fsp3) is 0.467. The van der Waals surface area contributed by atoms with Crippen LogP contribution in [0.3, 0.4) is 0 Å². The van der Waals surface area contributed by atoms with Crippen LogP contribution in [0.5, 0.6) is 11.5 Å². The first kappa shape index (κ1) is 14.6. The van der Waals surface area contributed by atoms with E-state index < -0.39 is 6.04 Å². The maximum Gasteiger partial charge on any atom is 0.257 e. The second kappa shape index (κ2) is 5.84. The van der Waals surface area contributed by atoms with Crippen LogP contribution in [0.2, 0.25) is 0 Å². The second-order valence-electron chi connectivity index (χ2n) is 5.63. The summed E-state index contributed by atoms with van der Waals surface area (Å²) in [7, 11) is 3.49. The third kappa shape index (κ3) is 2.85. The van der Waals surface area contributed by atoms with Crippen LogP contribution >= 0.6 is 0 Å². The number of hydrogen-bond donors (Lipinski definition) is 1. The lowest BCUT2D eigenvalue weighted by Gasteiger charge is -2.25. The lowest BCUT2D eigenvalue weighted by Crippen LogP contribution is -2.48. The van der Waals surface area contributed by atoms with Crippen LogP contribution in [0.15, 0.2) is 18.2 Å². The molecule has 0 saturated carbocycles. The fourth-order valence-corrected chi connectivity index (χ4v) is 2.74. The predicted octanol–water partition coefficient (Wildman–Crippen LogP) is 0.499. The van der Waals surface area contributed by atoms with E-state index in [1.54, 1.807) is 24.0 Å². The normalized spacial score (nSPS) is 19.9. The van der Waals surface area contributed by atoms with E-state index in [2.05, 4.69) is 5.43 Å². The van der Waals surface area contributed by atoms with Crippen LogP contribution in [0, 0.1) is 0 Å². The number of fused-ring (bicyclic) bond motifs is 1. The zero-order valence-electron chi connectivity index (χ0n) is 12.7. The summed E-state index contributed by atoms with van der Waals surface area (Å²) in [4.78, 5) is 25.9. The van der Waals surface area contributed by atoms with Crippen molar-refractivity contribution in [2.45, 2.75) is 25.4 Å². The van der Waals surface area contributed by atoms with E-state index in [1.165, 1.54) is 0 Å². The van der Waals surface area contributed by atoms with Crippen LogP contribution in [0.25, 0.3) is 0 Å². The Morgan fingerprint density at radius 1 is 1.36 bits per heavy atom. The topological polar surface area (TPSA) is 71.1 Å². The first-order valence-corrected chi connectivity index (χ1v) is 7.20. The van der Waals surface area contributed by atoms with Crippen molar-refractivity contribution in [2.75, 3.05) is 20.9 Å². The molecule has 7 nitrogen and oxygen atoms in total. The van der Waals surface area contributed by atoms with Crippen LogP contribution in [-0.2, 0) is 16.1 Å². The maximum absolute atomic E-state index is 12.2. The van der Waals surface area contributed by atoms with Gasteiger partial charge in [-0.25, -0.2) is 5.01 Å². The van der Waals surface area contributed by atoms with Gasteiger partial charge in [0, 0.05) is 27.1 Å². The highest BCUT2D eigenvalue weighted by Crippen LogP contribution is 2.33. The van der Waals surface area contributed by atoms with Gasteiger partial charge in [-0.3, -0.25) is 15.0 Å². The number of hydrazine groups is 1. The van der Waals surface area contributed by atoms with Crippen LogP contribution < -0.4 is 14.9 Å². The molecule has 7 heteroatoms. The minimum atomic E-state index is -0.430. The summed E-state index contributed by atoms with van der Waals surface area (Å²) in [5.41, 5.74) is 3.64. The Kier molecular flexibility index (Phi) is 3.89. The molecule has 2 heterocycles. The Morgan fingerprint density at radius 3 is 2.91 bits per heavy atom. The molecule has 0 aromatic heterocycles. The number of nitrogens with one attached hydrogen (secondary N) is 1. The van der Waals surface area contributed by atoms with Gasteiger partial charge in [-0.05, 0) is 24.1 Å². The number of ether oxygens (including phenoxy) is 2. The minimum Gasteiger partial charge on any atom is -0.454 e. The van der Waals surface area contributed by atoms with Crippen LogP contribution in [0.1, 0.15) is 18.4 Å². The molecule has 0 aliphatic carbocycles. The lowest BCUT2D eigenvalue weighted by molar-refractivity contribution is -0.137. The van der Waals surface area contributed by atoms with E-state index >= 15 is 0 Å². The molecule has 1 unspecified atom stereocenters. The number of hydrogen-bond acceptors (Lipinski definition) is 5. The summed E-state index contributed by atoms with van der Waals surface area (Å²) in [5.74, 6) is 1.23. The summed E-state index contributed by atoms with van der Waals surface area (Å²) in [6.45, 7) is 0.607. The molecule has 118 valence electrons. The van der Waals surface area contributed by atoms with Gasteiger partial charge in [0.05, 0.1) is 0 Å². The Balaban J connectivity index is 1.74. The van der Waals surface area contributed by atoms with Crippen LogP contribution in [-0.4, -0.2) is 48.7 Å². The number of rotatable bonds is 4. The van der Waals surface area contributed by atoms with Crippen molar-refractivity contribution in [1.82, 2.24) is 15.3 Å². The predicted molar refractivity (Wildman–Crippen MR) is 78.0 cm³/mol. The summed E-state index contributed by atoms with van der Waals surface area (Å²) in [6.07, 6.45) is 0.944. The summed E-state index contributed by atoms with van der Waals surface area (Å²) in [5, 5.41) is 1.59. The molecule has 3 rings (SSSR count). The van der Waals surface area contributed by atoms with Crippen molar-refractivity contribution < 1.29 is 19.1 Å². The van der Waals surface area contributed by atoms with Crippen molar-refractivity contribution in [3.63, 3.8) is 0 Å². The monoisotopic (exact) mass is 305 g/mol. The van der Waals surface area contributed by atoms with Gasteiger partial charge in [0.1, 0.15) is 6.04 Å². The van der Waals surface area contributed by atoms with E-state index in [9.17, 15) is 9.59 Å². The highest BCUT2D eigenvalue weighted by atomic mass is 16.7. The minimum absolute atomic E-state index is 0.00317. The molecule has 1 N–H and O–H groups in total. The Bertz CT molecular complexity index is 602. The zero-order chi connectivity index (χ0) is 15.7. The molecule has 1 aromatic carbocycles. The maximum atomic E-state index is 12.2. The van der Waals surface area contributed by atoms with Gasteiger partial charge in [-0.2, -0.15) is 0 Å². The van der Waals surface area contributed by atoms with Crippen molar-refractivity contribution in [2.24, 2.45) is 0 Å². The smallest absolute Gasteiger partial charge is 0.257 e. The SMILES string of the molecule is CN(C)NC(=O)C1CCC(=O)N1Cc1ccc2c(c1)OCO2.